The molecular formula is C23H21N2PS2. The third-order valence-corrected chi connectivity index (χ3v) is 11.8. The van der Waals surface area contributed by atoms with Gasteiger partial charge in [-0.3, -0.25) is 9.98 Å². The summed E-state index contributed by atoms with van der Waals surface area (Å²) < 4.78 is 0. The van der Waals surface area contributed by atoms with E-state index >= 15 is 0 Å². The molecule has 0 atom stereocenters. The first kappa shape index (κ1) is 18.3. The van der Waals surface area contributed by atoms with Crippen molar-refractivity contribution in [1.29, 1.82) is 0 Å². The number of thioether (sulfide) groups is 2. The Hall–Kier alpha value is -1.74. The van der Waals surface area contributed by atoms with Crippen molar-refractivity contribution < 1.29 is 0 Å². The van der Waals surface area contributed by atoms with Crippen LogP contribution in [0.5, 0.6) is 0 Å². The minimum atomic E-state index is -2.03. The van der Waals surface area contributed by atoms with E-state index in [1.165, 1.54) is 31.3 Å². The third kappa shape index (κ3) is 2.99. The highest BCUT2D eigenvalue weighted by molar-refractivity contribution is 8.19. The first-order chi connectivity index (χ1) is 13.9. The molecule has 3 heterocycles. The van der Waals surface area contributed by atoms with E-state index in [-0.39, 0.29) is 0 Å². The van der Waals surface area contributed by atoms with Gasteiger partial charge in [0.15, 0.2) is 0 Å². The Morgan fingerprint density at radius 2 is 1.29 bits per heavy atom. The molecule has 3 aliphatic heterocycles. The smallest absolute Gasteiger partial charge is 0.0988 e. The Labute approximate surface area is 174 Å². The number of hydrogen-bond donors (Lipinski definition) is 0. The summed E-state index contributed by atoms with van der Waals surface area (Å²) in [6, 6.07) is 22.1. The highest BCUT2D eigenvalue weighted by Gasteiger charge is 2.37. The maximum atomic E-state index is 4.91. The molecule has 0 amide bonds. The first-order valence-corrected chi connectivity index (χ1v) is 13.3. The van der Waals surface area contributed by atoms with Gasteiger partial charge in [0.25, 0.3) is 0 Å². The normalized spacial score (nSPS) is 20.7. The minimum absolute atomic E-state index is 0.912. The predicted molar refractivity (Wildman–Crippen MR) is 131 cm³/mol. The van der Waals surface area contributed by atoms with Gasteiger partial charge in [-0.1, -0.05) is 78.9 Å². The van der Waals surface area contributed by atoms with Crippen LogP contribution in [0.2, 0.25) is 0 Å². The largest absolute Gasteiger partial charge is 0.277 e. The van der Waals surface area contributed by atoms with Crippen molar-refractivity contribution in [3.8, 4) is 0 Å². The summed E-state index contributed by atoms with van der Waals surface area (Å²) in [5.74, 6) is 2.15. The second-order valence-electron chi connectivity index (χ2n) is 6.71. The topological polar surface area (TPSA) is 24.7 Å². The van der Waals surface area contributed by atoms with E-state index in [0.29, 0.717) is 0 Å². The third-order valence-electron chi connectivity index (χ3n) is 5.13. The number of allylic oxidation sites excluding steroid dienone is 3. The SMILES string of the molecule is C1=CC(C2=NCCS2)=P(c2ccccc2)(c2ccccc2)C(C2=NCCS2)=C1. The van der Waals surface area contributed by atoms with Gasteiger partial charge in [0.1, 0.15) is 0 Å². The molecule has 0 aromatic heterocycles. The minimum Gasteiger partial charge on any atom is -0.277 e. The maximum Gasteiger partial charge on any atom is 0.0988 e. The number of aliphatic imine (C=N–C) groups is 2. The van der Waals surface area contributed by atoms with Crippen molar-refractivity contribution >= 4 is 56.4 Å². The molecule has 140 valence electrons. The predicted octanol–water partition coefficient (Wildman–Crippen LogP) is 4.57. The molecule has 0 N–H and O–H groups in total. The van der Waals surface area contributed by atoms with E-state index in [2.05, 4.69) is 78.9 Å². The number of benzene rings is 2. The molecule has 0 unspecified atom stereocenters. The Bertz CT molecular complexity index is 1020. The highest BCUT2D eigenvalue weighted by Crippen LogP contribution is 2.59. The molecule has 0 saturated heterocycles. The van der Waals surface area contributed by atoms with Crippen LogP contribution < -0.4 is 10.6 Å². The second-order valence-corrected chi connectivity index (χ2v) is 12.2. The van der Waals surface area contributed by atoms with E-state index in [0.717, 1.165) is 24.6 Å². The molecule has 5 heteroatoms. The summed E-state index contributed by atoms with van der Waals surface area (Å²) in [6.07, 6.45) is 6.83. The van der Waals surface area contributed by atoms with Crippen LogP contribution in [0.25, 0.3) is 0 Å². The molecule has 0 saturated carbocycles. The van der Waals surface area contributed by atoms with Crippen LogP contribution in [0.15, 0.2) is 94.2 Å². The lowest BCUT2D eigenvalue weighted by Crippen LogP contribution is -2.28. The molecule has 5 rings (SSSR count). The maximum absolute atomic E-state index is 4.91. The van der Waals surface area contributed by atoms with Gasteiger partial charge in [0, 0.05) is 35.2 Å². The molecule has 28 heavy (non-hydrogen) atoms. The summed E-state index contributed by atoms with van der Waals surface area (Å²) in [6.45, 7) is -0.201. The summed E-state index contributed by atoms with van der Waals surface area (Å²) in [5, 5.41) is 7.98. The highest BCUT2D eigenvalue weighted by atomic mass is 32.2. The zero-order valence-electron chi connectivity index (χ0n) is 15.5. The van der Waals surface area contributed by atoms with Crippen LogP contribution in [0.1, 0.15) is 0 Å². The Morgan fingerprint density at radius 3 is 1.82 bits per heavy atom. The van der Waals surface area contributed by atoms with E-state index in [1.54, 1.807) is 0 Å². The van der Waals surface area contributed by atoms with Crippen LogP contribution in [-0.2, 0) is 0 Å². The van der Waals surface area contributed by atoms with Crippen molar-refractivity contribution in [2.24, 2.45) is 9.98 Å². The van der Waals surface area contributed by atoms with Crippen LogP contribution >= 0.6 is 30.4 Å². The lowest BCUT2D eigenvalue weighted by atomic mass is 10.3. The van der Waals surface area contributed by atoms with Gasteiger partial charge in [-0.05, 0) is 17.5 Å². The van der Waals surface area contributed by atoms with Gasteiger partial charge in [0.2, 0.25) is 0 Å². The number of nitrogens with zero attached hydrogens (tertiary/aromatic N) is 2. The van der Waals surface area contributed by atoms with Gasteiger partial charge < -0.3 is 0 Å². The lowest BCUT2D eigenvalue weighted by molar-refractivity contribution is 1.18. The standard InChI is InChI=1S/C23H21N2PS2/c1-3-8-18(9-4-1)26(19-10-5-2-6-11-19)20(22-24-14-16-27-22)12-7-13-21(26)23-25-15-17-28-23/h1-13H,14-17H2. The zero-order valence-corrected chi connectivity index (χ0v) is 18.0. The molecule has 2 aromatic rings. The van der Waals surface area contributed by atoms with Crippen LogP contribution in [0.4, 0.5) is 0 Å². The number of rotatable bonds is 4. The van der Waals surface area contributed by atoms with E-state index in [1.807, 2.05) is 23.5 Å². The van der Waals surface area contributed by atoms with E-state index in [4.69, 9.17) is 9.98 Å². The Morgan fingerprint density at radius 1 is 0.714 bits per heavy atom. The number of hydrogen-bond acceptors (Lipinski definition) is 4. The van der Waals surface area contributed by atoms with Gasteiger partial charge in [-0.25, -0.2) is 0 Å². The van der Waals surface area contributed by atoms with Crippen LogP contribution in [-0.4, -0.2) is 40.0 Å². The first-order valence-electron chi connectivity index (χ1n) is 9.53. The summed E-state index contributed by atoms with van der Waals surface area (Å²) in [5.41, 5.74) is 0. The van der Waals surface area contributed by atoms with Crippen molar-refractivity contribution in [1.82, 2.24) is 0 Å². The molecule has 3 aliphatic rings. The van der Waals surface area contributed by atoms with Crippen molar-refractivity contribution in [2.75, 3.05) is 24.6 Å². The summed E-state index contributed by atoms with van der Waals surface area (Å²) in [4.78, 5) is 9.82. The monoisotopic (exact) mass is 420 g/mol. The molecule has 0 radical (unpaired) electrons. The molecule has 0 bridgehead atoms. The molecular weight excluding hydrogens is 399 g/mol. The van der Waals surface area contributed by atoms with Gasteiger partial charge in [-0.15, -0.1) is 23.5 Å². The van der Waals surface area contributed by atoms with E-state index < -0.39 is 6.89 Å². The van der Waals surface area contributed by atoms with E-state index in [9.17, 15) is 0 Å². The van der Waals surface area contributed by atoms with Crippen molar-refractivity contribution in [3.63, 3.8) is 0 Å². The van der Waals surface area contributed by atoms with Crippen molar-refractivity contribution in [2.45, 2.75) is 0 Å². The Balaban J connectivity index is 1.93. The molecule has 0 aliphatic carbocycles. The average Bonchev–Trinajstić information content (AvgIpc) is 3.48. The Kier molecular flexibility index (Phi) is 5.19. The molecule has 2 nitrogen and oxygen atoms in total. The van der Waals surface area contributed by atoms with Gasteiger partial charge in [0.05, 0.1) is 10.1 Å². The fraction of sp³-hybridized carbons (Fsp3) is 0.174. The fourth-order valence-corrected chi connectivity index (χ4v) is 11.0. The van der Waals surface area contributed by atoms with Crippen LogP contribution in [0, 0.1) is 0 Å². The molecule has 0 fully saturated rings. The molecule has 2 aromatic carbocycles. The fourth-order valence-electron chi connectivity index (χ4n) is 4.00. The lowest BCUT2D eigenvalue weighted by Gasteiger charge is -2.35. The zero-order chi connectivity index (χ0) is 18.8. The van der Waals surface area contributed by atoms with Gasteiger partial charge in [-0.2, -0.15) is 0 Å². The quantitative estimate of drug-likeness (QED) is 0.677. The van der Waals surface area contributed by atoms with Crippen molar-refractivity contribution in [3.05, 3.63) is 84.2 Å². The summed E-state index contributed by atoms with van der Waals surface area (Å²) >= 11 is 3.80. The second kappa shape index (κ2) is 7.94. The average molecular weight is 421 g/mol. The summed E-state index contributed by atoms with van der Waals surface area (Å²) in [7, 11) is 0. The van der Waals surface area contributed by atoms with Crippen LogP contribution in [0.3, 0.4) is 0 Å². The molecule has 0 spiro atoms. The van der Waals surface area contributed by atoms with Gasteiger partial charge >= 0.3 is 0 Å².